The Morgan fingerprint density at radius 1 is 1.73 bits per heavy atom. The van der Waals surface area contributed by atoms with Crippen molar-refractivity contribution in [3.8, 4) is 0 Å². The molecule has 3 heteroatoms. The first-order valence-corrected chi connectivity index (χ1v) is 3.26. The first kappa shape index (κ1) is 7.60. The summed E-state index contributed by atoms with van der Waals surface area (Å²) in [6.45, 7) is 1.73. The number of furan rings is 1. The molecule has 3 nitrogen and oxygen atoms in total. The molecule has 1 aromatic rings. The van der Waals surface area contributed by atoms with Gasteiger partial charge in [0.05, 0.1) is 12.0 Å². The highest BCUT2D eigenvalue weighted by molar-refractivity contribution is 6.04. The maximum absolute atomic E-state index is 7.43. The monoisotopic (exact) mass is 150 g/mol. The molecule has 0 aromatic carbocycles. The lowest BCUT2D eigenvalue weighted by molar-refractivity contribution is 0.557. The van der Waals surface area contributed by atoms with E-state index in [9.17, 15) is 0 Å². The Kier molecular flexibility index (Phi) is 2.11. The van der Waals surface area contributed by atoms with Gasteiger partial charge in [-0.25, -0.2) is 0 Å². The summed E-state index contributed by atoms with van der Waals surface area (Å²) in [6.07, 6.45) is 3.09. The minimum atomic E-state index is 0.301. The third-order valence-electron chi connectivity index (χ3n) is 1.16. The molecule has 0 aliphatic rings. The van der Waals surface area contributed by atoms with Gasteiger partial charge in [-0.15, -0.1) is 0 Å². The van der Waals surface area contributed by atoms with Crippen molar-refractivity contribution in [3.05, 3.63) is 35.9 Å². The number of hydrogen-bond acceptors (Lipinski definition) is 3. The van der Waals surface area contributed by atoms with Crippen molar-refractivity contribution in [2.75, 3.05) is 0 Å². The van der Waals surface area contributed by atoms with Gasteiger partial charge in [-0.05, 0) is 25.1 Å². The molecule has 0 atom stereocenters. The third-order valence-corrected chi connectivity index (χ3v) is 1.16. The summed E-state index contributed by atoms with van der Waals surface area (Å²) in [6, 6.07) is 3.46. The number of nitrogens with one attached hydrogen (secondary N) is 1. The van der Waals surface area contributed by atoms with Crippen LogP contribution < -0.4 is 5.73 Å². The summed E-state index contributed by atoms with van der Waals surface area (Å²) in [5.74, 6) is 0.537. The first-order valence-electron chi connectivity index (χ1n) is 3.26. The fourth-order valence-corrected chi connectivity index (χ4v) is 0.731. The molecule has 0 aliphatic heterocycles. The van der Waals surface area contributed by atoms with Crippen LogP contribution in [0.4, 0.5) is 0 Å². The summed E-state index contributed by atoms with van der Waals surface area (Å²) in [4.78, 5) is 0. The SMILES string of the molecule is CC(N)=CC(=N)c1ccco1. The van der Waals surface area contributed by atoms with Gasteiger partial charge >= 0.3 is 0 Å². The quantitative estimate of drug-likeness (QED) is 0.627. The van der Waals surface area contributed by atoms with E-state index in [1.165, 1.54) is 6.26 Å². The molecule has 1 aromatic heterocycles. The van der Waals surface area contributed by atoms with Crippen molar-refractivity contribution in [1.29, 1.82) is 5.41 Å². The predicted molar refractivity (Wildman–Crippen MR) is 43.5 cm³/mol. The van der Waals surface area contributed by atoms with Crippen LogP contribution in [0.25, 0.3) is 0 Å². The van der Waals surface area contributed by atoms with Crippen molar-refractivity contribution < 1.29 is 4.42 Å². The van der Waals surface area contributed by atoms with Crippen LogP contribution in [0.5, 0.6) is 0 Å². The number of nitrogens with two attached hydrogens (primary N) is 1. The lowest BCUT2D eigenvalue weighted by Crippen LogP contribution is -1.98. The Hall–Kier alpha value is -1.51. The van der Waals surface area contributed by atoms with Gasteiger partial charge in [-0.2, -0.15) is 0 Å². The highest BCUT2D eigenvalue weighted by atomic mass is 16.3. The minimum Gasteiger partial charge on any atom is -0.463 e. The summed E-state index contributed by atoms with van der Waals surface area (Å²) in [5, 5.41) is 7.43. The van der Waals surface area contributed by atoms with Crippen molar-refractivity contribution in [2.45, 2.75) is 6.92 Å². The van der Waals surface area contributed by atoms with E-state index < -0.39 is 0 Å². The van der Waals surface area contributed by atoms with Gasteiger partial charge in [0.2, 0.25) is 0 Å². The zero-order chi connectivity index (χ0) is 8.27. The average molecular weight is 150 g/mol. The van der Waals surface area contributed by atoms with E-state index in [-0.39, 0.29) is 0 Å². The smallest absolute Gasteiger partial charge is 0.151 e. The zero-order valence-corrected chi connectivity index (χ0v) is 6.29. The van der Waals surface area contributed by atoms with E-state index in [1.807, 2.05) is 0 Å². The topological polar surface area (TPSA) is 63.0 Å². The maximum Gasteiger partial charge on any atom is 0.151 e. The van der Waals surface area contributed by atoms with Crippen LogP contribution in [0, 0.1) is 5.41 Å². The number of hydrogen-bond donors (Lipinski definition) is 2. The second-order valence-corrected chi connectivity index (χ2v) is 2.28. The Labute approximate surface area is 65.0 Å². The molecule has 0 aliphatic carbocycles. The average Bonchev–Trinajstić information content (AvgIpc) is 2.35. The minimum absolute atomic E-state index is 0.301. The number of allylic oxidation sites excluding steroid dienone is 2. The van der Waals surface area contributed by atoms with E-state index >= 15 is 0 Å². The fraction of sp³-hybridized carbons (Fsp3) is 0.125. The maximum atomic E-state index is 7.43. The van der Waals surface area contributed by atoms with Crippen LogP contribution >= 0.6 is 0 Å². The molecule has 0 fully saturated rings. The molecule has 0 bridgehead atoms. The van der Waals surface area contributed by atoms with E-state index in [2.05, 4.69) is 0 Å². The zero-order valence-electron chi connectivity index (χ0n) is 6.29. The molecule has 0 saturated heterocycles. The molecule has 58 valence electrons. The van der Waals surface area contributed by atoms with Gasteiger partial charge in [0.1, 0.15) is 0 Å². The molecule has 1 heterocycles. The Balaban J connectivity index is 2.80. The van der Waals surface area contributed by atoms with Gasteiger partial charge in [-0.1, -0.05) is 0 Å². The second-order valence-electron chi connectivity index (χ2n) is 2.28. The normalized spacial score (nSPS) is 11.5. The molecule has 1 rings (SSSR count). The van der Waals surface area contributed by atoms with Crippen molar-refractivity contribution in [1.82, 2.24) is 0 Å². The van der Waals surface area contributed by atoms with E-state index in [0.717, 1.165) is 0 Å². The summed E-state index contributed by atoms with van der Waals surface area (Å²) >= 11 is 0. The Morgan fingerprint density at radius 2 is 2.45 bits per heavy atom. The molecular weight excluding hydrogens is 140 g/mol. The van der Waals surface area contributed by atoms with Crippen molar-refractivity contribution in [3.63, 3.8) is 0 Å². The Morgan fingerprint density at radius 3 is 2.91 bits per heavy atom. The van der Waals surface area contributed by atoms with E-state index in [1.54, 1.807) is 25.1 Å². The highest BCUT2D eigenvalue weighted by Gasteiger charge is 1.98. The van der Waals surface area contributed by atoms with E-state index in [4.69, 9.17) is 15.6 Å². The summed E-state index contributed by atoms with van der Waals surface area (Å²) < 4.78 is 4.97. The van der Waals surface area contributed by atoms with Crippen LogP contribution in [0.3, 0.4) is 0 Å². The van der Waals surface area contributed by atoms with Gasteiger partial charge < -0.3 is 10.2 Å². The summed E-state index contributed by atoms with van der Waals surface area (Å²) in [5.41, 5.74) is 6.28. The van der Waals surface area contributed by atoms with Crippen LogP contribution in [0.1, 0.15) is 12.7 Å². The molecule has 0 amide bonds. The van der Waals surface area contributed by atoms with Crippen LogP contribution in [-0.4, -0.2) is 5.71 Å². The van der Waals surface area contributed by atoms with Crippen molar-refractivity contribution in [2.24, 2.45) is 5.73 Å². The summed E-state index contributed by atoms with van der Waals surface area (Å²) in [7, 11) is 0. The van der Waals surface area contributed by atoms with Gasteiger partial charge in [0.15, 0.2) is 5.76 Å². The molecule has 0 unspecified atom stereocenters. The predicted octanol–water partition coefficient (Wildman–Crippen LogP) is 1.51. The second kappa shape index (κ2) is 3.05. The third kappa shape index (κ3) is 1.97. The van der Waals surface area contributed by atoms with Gasteiger partial charge in [0.25, 0.3) is 0 Å². The molecule has 3 N–H and O–H groups in total. The van der Waals surface area contributed by atoms with E-state index in [0.29, 0.717) is 17.2 Å². The molecule has 0 spiro atoms. The Bertz CT molecular complexity index is 268. The van der Waals surface area contributed by atoms with Crippen LogP contribution in [0.2, 0.25) is 0 Å². The van der Waals surface area contributed by atoms with Crippen LogP contribution in [0.15, 0.2) is 34.6 Å². The largest absolute Gasteiger partial charge is 0.463 e. The van der Waals surface area contributed by atoms with Gasteiger partial charge in [-0.3, -0.25) is 5.41 Å². The highest BCUT2D eigenvalue weighted by Crippen LogP contribution is 2.02. The van der Waals surface area contributed by atoms with Crippen LogP contribution in [-0.2, 0) is 0 Å². The van der Waals surface area contributed by atoms with Crippen molar-refractivity contribution >= 4 is 5.71 Å². The fourth-order valence-electron chi connectivity index (χ4n) is 0.731. The number of rotatable bonds is 2. The molecule has 0 radical (unpaired) electrons. The first-order chi connectivity index (χ1) is 5.20. The molecule has 0 saturated carbocycles. The molecule has 11 heavy (non-hydrogen) atoms. The molecular formula is C8H10N2O. The lowest BCUT2D eigenvalue weighted by atomic mass is 10.2. The lowest BCUT2D eigenvalue weighted by Gasteiger charge is -1.92. The van der Waals surface area contributed by atoms with Gasteiger partial charge in [0, 0.05) is 5.70 Å². The standard InChI is InChI=1S/C8H10N2O/c1-6(9)5-7(10)8-3-2-4-11-8/h2-5,10H,9H2,1H3.